The summed E-state index contributed by atoms with van der Waals surface area (Å²) in [6, 6.07) is 3.92. The van der Waals surface area contributed by atoms with Crippen LogP contribution in [0.5, 0.6) is 11.5 Å². The number of hydrogen-bond donors (Lipinski definition) is 3. The zero-order chi connectivity index (χ0) is 13.7. The first kappa shape index (κ1) is 14.0. The summed E-state index contributed by atoms with van der Waals surface area (Å²) in [5.74, 6) is 1.77. The van der Waals surface area contributed by atoms with Gasteiger partial charge >= 0.3 is 0 Å². The van der Waals surface area contributed by atoms with Gasteiger partial charge in [0.2, 0.25) is 0 Å². The Bertz CT molecular complexity index is 448. The number of phenols is 2. The molecule has 0 aromatic heterocycles. The number of carbonyl (C=O) groups excluding carboxylic acids is 1. The third kappa shape index (κ3) is 4.04. The standard InChI is InChI=1S/C13H18N2O3S/c16-10-1-2-12(17)11(9-10)13(18)14-3-4-15-5-7-19-8-6-15/h1-2,9,16-17H,3-8H2,(H,14,18). The third-order valence-electron chi connectivity index (χ3n) is 3.04. The highest BCUT2D eigenvalue weighted by atomic mass is 32.2. The van der Waals surface area contributed by atoms with Crippen molar-refractivity contribution in [2.45, 2.75) is 0 Å². The Balaban J connectivity index is 1.82. The molecule has 1 aromatic rings. The Morgan fingerprint density at radius 3 is 2.79 bits per heavy atom. The zero-order valence-electron chi connectivity index (χ0n) is 10.6. The maximum atomic E-state index is 11.9. The number of amides is 1. The highest BCUT2D eigenvalue weighted by Gasteiger charge is 2.13. The SMILES string of the molecule is O=C(NCCN1CCSCC1)c1cc(O)ccc1O. The summed E-state index contributed by atoms with van der Waals surface area (Å²) in [6.45, 7) is 3.46. The molecule has 0 bridgehead atoms. The van der Waals surface area contributed by atoms with Crippen LogP contribution in [0.1, 0.15) is 10.4 Å². The van der Waals surface area contributed by atoms with Crippen LogP contribution in [0, 0.1) is 0 Å². The number of nitrogens with zero attached hydrogens (tertiary/aromatic N) is 1. The molecule has 1 heterocycles. The number of benzene rings is 1. The van der Waals surface area contributed by atoms with Crippen LogP contribution in [-0.4, -0.2) is 58.7 Å². The van der Waals surface area contributed by atoms with Crippen molar-refractivity contribution in [3.05, 3.63) is 23.8 Å². The maximum Gasteiger partial charge on any atom is 0.255 e. The van der Waals surface area contributed by atoms with Gasteiger partial charge in [-0.05, 0) is 18.2 Å². The molecule has 3 N–H and O–H groups in total. The summed E-state index contributed by atoms with van der Waals surface area (Å²) in [6.07, 6.45) is 0. The van der Waals surface area contributed by atoms with E-state index in [4.69, 9.17) is 0 Å². The van der Waals surface area contributed by atoms with Crippen LogP contribution in [0.3, 0.4) is 0 Å². The first-order chi connectivity index (χ1) is 9.16. The molecule has 1 aliphatic heterocycles. The molecule has 2 rings (SSSR count). The van der Waals surface area contributed by atoms with Crippen molar-refractivity contribution in [2.75, 3.05) is 37.7 Å². The summed E-state index contributed by atoms with van der Waals surface area (Å²) in [7, 11) is 0. The van der Waals surface area contributed by atoms with Gasteiger partial charge in [0.1, 0.15) is 11.5 Å². The van der Waals surface area contributed by atoms with Crippen molar-refractivity contribution in [3.8, 4) is 11.5 Å². The number of thioether (sulfide) groups is 1. The van der Waals surface area contributed by atoms with Crippen LogP contribution >= 0.6 is 11.8 Å². The predicted octanol–water partition coefficient (Wildman–Crippen LogP) is 0.876. The van der Waals surface area contributed by atoms with E-state index in [1.807, 2.05) is 11.8 Å². The average Bonchev–Trinajstić information content (AvgIpc) is 2.42. The number of aromatic hydroxyl groups is 2. The Labute approximate surface area is 116 Å². The van der Waals surface area contributed by atoms with E-state index in [-0.39, 0.29) is 23.0 Å². The van der Waals surface area contributed by atoms with Crippen molar-refractivity contribution in [1.29, 1.82) is 0 Å². The fourth-order valence-corrected chi connectivity index (χ4v) is 2.93. The summed E-state index contributed by atoms with van der Waals surface area (Å²) in [5, 5.41) is 21.6. The van der Waals surface area contributed by atoms with Gasteiger partial charge in [-0.3, -0.25) is 9.69 Å². The molecule has 0 saturated carbocycles. The lowest BCUT2D eigenvalue weighted by Gasteiger charge is -2.26. The molecule has 104 valence electrons. The van der Waals surface area contributed by atoms with E-state index in [9.17, 15) is 15.0 Å². The minimum absolute atomic E-state index is 0.0315. The third-order valence-corrected chi connectivity index (χ3v) is 3.98. The summed E-state index contributed by atoms with van der Waals surface area (Å²) < 4.78 is 0. The minimum atomic E-state index is -0.361. The van der Waals surface area contributed by atoms with Gasteiger partial charge in [0, 0.05) is 37.7 Å². The van der Waals surface area contributed by atoms with Crippen LogP contribution in [0.25, 0.3) is 0 Å². The van der Waals surface area contributed by atoms with Gasteiger partial charge in [0.05, 0.1) is 5.56 Å². The molecule has 1 aliphatic rings. The van der Waals surface area contributed by atoms with Crippen molar-refractivity contribution in [3.63, 3.8) is 0 Å². The summed E-state index contributed by atoms with van der Waals surface area (Å²) >= 11 is 1.95. The first-order valence-electron chi connectivity index (χ1n) is 6.27. The van der Waals surface area contributed by atoms with Crippen molar-refractivity contribution in [1.82, 2.24) is 10.2 Å². The molecule has 19 heavy (non-hydrogen) atoms. The van der Waals surface area contributed by atoms with Crippen LogP contribution in [-0.2, 0) is 0 Å². The topological polar surface area (TPSA) is 72.8 Å². The zero-order valence-corrected chi connectivity index (χ0v) is 11.4. The first-order valence-corrected chi connectivity index (χ1v) is 7.42. The largest absolute Gasteiger partial charge is 0.508 e. The van der Waals surface area contributed by atoms with Crippen LogP contribution in [0.4, 0.5) is 0 Å². The maximum absolute atomic E-state index is 11.9. The monoisotopic (exact) mass is 282 g/mol. The summed E-state index contributed by atoms with van der Waals surface area (Å²) in [4.78, 5) is 14.2. The molecule has 1 saturated heterocycles. The van der Waals surface area contributed by atoms with Crippen LogP contribution in [0.15, 0.2) is 18.2 Å². The Morgan fingerprint density at radius 1 is 1.32 bits per heavy atom. The van der Waals surface area contributed by atoms with Crippen LogP contribution in [0.2, 0.25) is 0 Å². The molecule has 0 radical (unpaired) electrons. The van der Waals surface area contributed by atoms with E-state index < -0.39 is 0 Å². The number of carbonyl (C=O) groups is 1. The molecule has 1 aromatic carbocycles. The van der Waals surface area contributed by atoms with E-state index in [1.54, 1.807) is 0 Å². The lowest BCUT2D eigenvalue weighted by atomic mass is 10.2. The van der Waals surface area contributed by atoms with Crippen molar-refractivity contribution >= 4 is 17.7 Å². The highest BCUT2D eigenvalue weighted by molar-refractivity contribution is 7.99. The van der Waals surface area contributed by atoms with Crippen molar-refractivity contribution < 1.29 is 15.0 Å². The molecule has 5 nitrogen and oxygen atoms in total. The number of hydrogen-bond acceptors (Lipinski definition) is 5. The Morgan fingerprint density at radius 2 is 2.05 bits per heavy atom. The van der Waals surface area contributed by atoms with Crippen molar-refractivity contribution in [2.24, 2.45) is 0 Å². The smallest absolute Gasteiger partial charge is 0.255 e. The number of nitrogens with one attached hydrogen (secondary N) is 1. The number of rotatable bonds is 4. The molecule has 0 aliphatic carbocycles. The van der Waals surface area contributed by atoms with Gasteiger partial charge in [-0.25, -0.2) is 0 Å². The fraction of sp³-hybridized carbons (Fsp3) is 0.462. The van der Waals surface area contributed by atoms with Gasteiger partial charge in [-0.1, -0.05) is 0 Å². The normalized spacial score (nSPS) is 16.2. The van der Waals surface area contributed by atoms with E-state index in [2.05, 4.69) is 10.2 Å². The average molecular weight is 282 g/mol. The second-order valence-corrected chi connectivity index (χ2v) is 5.64. The highest BCUT2D eigenvalue weighted by Crippen LogP contribution is 2.21. The predicted molar refractivity (Wildman–Crippen MR) is 75.9 cm³/mol. The second kappa shape index (κ2) is 6.68. The Hall–Kier alpha value is -1.40. The minimum Gasteiger partial charge on any atom is -0.508 e. The van der Waals surface area contributed by atoms with Gasteiger partial charge in [0.15, 0.2) is 0 Å². The lowest BCUT2D eigenvalue weighted by Crippen LogP contribution is -2.39. The summed E-state index contributed by atoms with van der Waals surface area (Å²) in [5.41, 5.74) is 0.106. The molecule has 0 unspecified atom stereocenters. The lowest BCUT2D eigenvalue weighted by molar-refractivity contribution is 0.0946. The van der Waals surface area contributed by atoms with Gasteiger partial charge < -0.3 is 15.5 Å². The molecular weight excluding hydrogens is 264 g/mol. The molecule has 1 fully saturated rings. The second-order valence-electron chi connectivity index (χ2n) is 4.41. The van der Waals surface area contributed by atoms with Crippen LogP contribution < -0.4 is 5.32 Å². The molecule has 0 atom stereocenters. The van der Waals surface area contributed by atoms with E-state index in [0.717, 1.165) is 31.1 Å². The van der Waals surface area contributed by atoms with Gasteiger partial charge in [0.25, 0.3) is 5.91 Å². The Kier molecular flexibility index (Phi) is 4.93. The number of phenolic OH excluding ortho intramolecular Hbond substituents is 2. The molecular formula is C13H18N2O3S. The fourth-order valence-electron chi connectivity index (χ4n) is 1.95. The molecule has 0 spiro atoms. The quantitative estimate of drug-likeness (QED) is 0.715. The molecule has 6 heteroatoms. The molecule has 1 amide bonds. The van der Waals surface area contributed by atoms with E-state index in [0.29, 0.717) is 6.54 Å². The van der Waals surface area contributed by atoms with Gasteiger partial charge in [-0.2, -0.15) is 11.8 Å². The van der Waals surface area contributed by atoms with Gasteiger partial charge in [-0.15, -0.1) is 0 Å². The van der Waals surface area contributed by atoms with E-state index >= 15 is 0 Å². The van der Waals surface area contributed by atoms with E-state index in [1.165, 1.54) is 18.2 Å².